The summed E-state index contributed by atoms with van der Waals surface area (Å²) in [4.78, 5) is 15.3. The molecule has 0 atom stereocenters. The molecule has 1 heterocycles. The van der Waals surface area contributed by atoms with Gasteiger partial charge in [-0.05, 0) is 61.4 Å². The molecule has 1 saturated carbocycles. The van der Waals surface area contributed by atoms with Gasteiger partial charge in [0.25, 0.3) is 0 Å². The Morgan fingerprint density at radius 1 is 1.26 bits per heavy atom. The fourth-order valence-corrected chi connectivity index (χ4v) is 2.36. The minimum Gasteiger partial charge on any atom is -0.357 e. The lowest BCUT2D eigenvalue weighted by Crippen LogP contribution is -2.29. The second kappa shape index (κ2) is 4.12. The lowest BCUT2D eigenvalue weighted by molar-refractivity contribution is -0.125. The van der Waals surface area contributed by atoms with Gasteiger partial charge in [-0.3, -0.25) is 4.79 Å². The highest BCUT2D eigenvalue weighted by molar-refractivity contribution is 5.85. The van der Waals surface area contributed by atoms with Crippen LogP contribution in [0.3, 0.4) is 0 Å². The maximum Gasteiger partial charge on any atom is 0.226 e. The number of carbonyl (C=O) groups excluding carboxylic acids is 1. The Hall–Kier alpha value is -1.77. The van der Waals surface area contributed by atoms with Crippen molar-refractivity contribution in [2.75, 3.05) is 0 Å². The molecule has 100 valence electrons. The molecule has 1 fully saturated rings. The number of hydrogen-bond acceptors (Lipinski definition) is 1. The topological polar surface area (TPSA) is 44.9 Å². The highest BCUT2D eigenvalue weighted by Crippen LogP contribution is 2.45. The Labute approximate surface area is 113 Å². The second-order valence-corrected chi connectivity index (χ2v) is 6.06. The first-order valence-corrected chi connectivity index (χ1v) is 6.85. The van der Waals surface area contributed by atoms with E-state index in [-0.39, 0.29) is 11.3 Å². The maximum absolute atomic E-state index is 11.9. The van der Waals surface area contributed by atoms with Crippen LogP contribution in [0.25, 0.3) is 10.9 Å². The average Bonchev–Trinajstić information content (AvgIpc) is 2.99. The average molecular weight is 256 g/mol. The third kappa shape index (κ3) is 2.25. The number of fused-ring (bicyclic) bond motifs is 1. The molecule has 3 nitrogen and oxygen atoms in total. The Bertz CT molecular complexity index is 611. The predicted molar refractivity (Wildman–Crippen MR) is 77.0 cm³/mol. The molecule has 0 spiro atoms. The van der Waals surface area contributed by atoms with Gasteiger partial charge in [0.2, 0.25) is 5.91 Å². The van der Waals surface area contributed by atoms with Crippen LogP contribution in [0.5, 0.6) is 0 Å². The van der Waals surface area contributed by atoms with E-state index in [0.717, 1.165) is 24.1 Å². The highest BCUT2D eigenvalue weighted by Gasteiger charge is 2.44. The first-order valence-electron chi connectivity index (χ1n) is 6.85. The summed E-state index contributed by atoms with van der Waals surface area (Å²) in [5.41, 5.74) is 4.70. The fourth-order valence-electron chi connectivity index (χ4n) is 2.36. The second-order valence-electron chi connectivity index (χ2n) is 6.06. The van der Waals surface area contributed by atoms with Crippen molar-refractivity contribution in [1.82, 2.24) is 10.3 Å². The number of carbonyl (C=O) groups is 1. The van der Waals surface area contributed by atoms with Crippen LogP contribution in [0.15, 0.2) is 18.2 Å². The molecule has 3 heteroatoms. The number of aromatic nitrogens is 1. The number of rotatable bonds is 3. The van der Waals surface area contributed by atoms with Gasteiger partial charge in [0.05, 0.1) is 6.54 Å². The van der Waals surface area contributed by atoms with E-state index in [1.165, 1.54) is 16.5 Å². The van der Waals surface area contributed by atoms with E-state index >= 15 is 0 Å². The van der Waals surface area contributed by atoms with Gasteiger partial charge in [0, 0.05) is 16.6 Å². The third-order valence-electron chi connectivity index (χ3n) is 4.28. The summed E-state index contributed by atoms with van der Waals surface area (Å²) in [6.45, 7) is 6.85. The summed E-state index contributed by atoms with van der Waals surface area (Å²) in [5, 5.41) is 4.23. The van der Waals surface area contributed by atoms with Gasteiger partial charge < -0.3 is 10.3 Å². The molecule has 1 amide bonds. The van der Waals surface area contributed by atoms with Crippen molar-refractivity contribution in [3.63, 3.8) is 0 Å². The molecule has 0 aliphatic heterocycles. The van der Waals surface area contributed by atoms with Crippen LogP contribution in [0.2, 0.25) is 0 Å². The van der Waals surface area contributed by atoms with Gasteiger partial charge >= 0.3 is 0 Å². The van der Waals surface area contributed by atoms with Gasteiger partial charge in [-0.1, -0.05) is 6.92 Å². The molecule has 19 heavy (non-hydrogen) atoms. The van der Waals surface area contributed by atoms with E-state index in [4.69, 9.17) is 0 Å². The van der Waals surface area contributed by atoms with Gasteiger partial charge in [-0.2, -0.15) is 0 Å². The molecule has 3 rings (SSSR count). The number of benzene rings is 1. The van der Waals surface area contributed by atoms with Crippen molar-refractivity contribution in [3.8, 4) is 0 Å². The molecule has 1 aromatic carbocycles. The van der Waals surface area contributed by atoms with E-state index < -0.39 is 0 Å². The summed E-state index contributed by atoms with van der Waals surface area (Å²) < 4.78 is 0. The quantitative estimate of drug-likeness (QED) is 0.870. The fraction of sp³-hybridized carbons (Fsp3) is 0.438. The van der Waals surface area contributed by atoms with Crippen LogP contribution in [0, 0.1) is 19.3 Å². The number of aromatic amines is 1. The summed E-state index contributed by atoms with van der Waals surface area (Å²) in [6.07, 6.45) is 2.04. The first kappa shape index (κ1) is 12.3. The van der Waals surface area contributed by atoms with Gasteiger partial charge in [0.1, 0.15) is 0 Å². The zero-order valence-corrected chi connectivity index (χ0v) is 11.8. The smallest absolute Gasteiger partial charge is 0.226 e. The molecule has 1 aromatic heterocycles. The standard InChI is InChI=1S/C16H20N2O/c1-10-6-12-8-13(18-14(12)7-11(10)2)9-17-15(19)16(3)4-5-16/h6-8,18H,4-5,9H2,1-3H3,(H,17,19). The highest BCUT2D eigenvalue weighted by atomic mass is 16.2. The van der Waals surface area contributed by atoms with Crippen molar-refractivity contribution in [3.05, 3.63) is 35.0 Å². The van der Waals surface area contributed by atoms with Crippen molar-refractivity contribution < 1.29 is 4.79 Å². The van der Waals surface area contributed by atoms with Crippen LogP contribution in [-0.4, -0.2) is 10.9 Å². The monoisotopic (exact) mass is 256 g/mol. The Morgan fingerprint density at radius 3 is 2.63 bits per heavy atom. The van der Waals surface area contributed by atoms with Gasteiger partial charge in [-0.25, -0.2) is 0 Å². The van der Waals surface area contributed by atoms with E-state index in [9.17, 15) is 4.79 Å². The number of H-pyrrole nitrogens is 1. The SMILES string of the molecule is Cc1cc2cc(CNC(=O)C3(C)CC3)[nH]c2cc1C. The normalized spacial score (nSPS) is 16.6. The van der Waals surface area contributed by atoms with Crippen LogP contribution < -0.4 is 5.32 Å². The zero-order chi connectivity index (χ0) is 13.6. The first-order chi connectivity index (χ1) is 8.98. The van der Waals surface area contributed by atoms with E-state index in [1.807, 2.05) is 6.92 Å². The molecule has 0 bridgehead atoms. The van der Waals surface area contributed by atoms with Crippen molar-refractivity contribution in [1.29, 1.82) is 0 Å². The van der Waals surface area contributed by atoms with Crippen LogP contribution in [0.4, 0.5) is 0 Å². The Balaban J connectivity index is 1.76. The van der Waals surface area contributed by atoms with E-state index in [1.54, 1.807) is 0 Å². The largest absolute Gasteiger partial charge is 0.357 e. The Morgan fingerprint density at radius 2 is 1.95 bits per heavy atom. The van der Waals surface area contributed by atoms with Crippen LogP contribution in [0.1, 0.15) is 36.6 Å². The summed E-state index contributed by atoms with van der Waals surface area (Å²) >= 11 is 0. The van der Waals surface area contributed by atoms with Crippen molar-refractivity contribution in [2.45, 2.75) is 40.2 Å². The number of nitrogens with one attached hydrogen (secondary N) is 2. The number of hydrogen-bond donors (Lipinski definition) is 2. The number of aryl methyl sites for hydroxylation is 2. The maximum atomic E-state index is 11.9. The molecule has 2 N–H and O–H groups in total. The molecular formula is C16H20N2O. The van der Waals surface area contributed by atoms with E-state index in [2.05, 4.69) is 42.3 Å². The molecular weight excluding hydrogens is 236 g/mol. The Kier molecular flexibility index (Phi) is 2.66. The van der Waals surface area contributed by atoms with Crippen molar-refractivity contribution in [2.24, 2.45) is 5.41 Å². The van der Waals surface area contributed by atoms with Gasteiger partial charge in [-0.15, -0.1) is 0 Å². The summed E-state index contributed by atoms with van der Waals surface area (Å²) in [5.74, 6) is 0.179. The molecule has 0 saturated heterocycles. The zero-order valence-electron chi connectivity index (χ0n) is 11.8. The van der Waals surface area contributed by atoms with Crippen LogP contribution in [-0.2, 0) is 11.3 Å². The number of amides is 1. The lowest BCUT2D eigenvalue weighted by Gasteiger charge is -2.08. The van der Waals surface area contributed by atoms with Gasteiger partial charge in [0.15, 0.2) is 0 Å². The molecule has 1 aliphatic rings. The molecule has 2 aromatic rings. The minimum atomic E-state index is -0.0980. The van der Waals surface area contributed by atoms with Crippen molar-refractivity contribution >= 4 is 16.8 Å². The van der Waals surface area contributed by atoms with Crippen LogP contribution >= 0.6 is 0 Å². The minimum absolute atomic E-state index is 0.0980. The lowest BCUT2D eigenvalue weighted by atomic mass is 10.1. The van der Waals surface area contributed by atoms with E-state index in [0.29, 0.717) is 6.54 Å². The third-order valence-corrected chi connectivity index (χ3v) is 4.28. The molecule has 1 aliphatic carbocycles. The predicted octanol–water partition coefficient (Wildman–Crippen LogP) is 3.20. The molecule has 0 radical (unpaired) electrons. The summed E-state index contributed by atoms with van der Waals surface area (Å²) in [7, 11) is 0. The summed E-state index contributed by atoms with van der Waals surface area (Å²) in [6, 6.07) is 6.48. The molecule has 0 unspecified atom stereocenters.